The Morgan fingerprint density at radius 2 is 1.12 bits per heavy atom. The van der Waals surface area contributed by atoms with Crippen molar-refractivity contribution in [3.05, 3.63) is 60.2 Å². The molecule has 10 heteroatoms. The van der Waals surface area contributed by atoms with Gasteiger partial charge in [-0.15, -0.1) is 0 Å². The zero-order valence-corrected chi connectivity index (χ0v) is 30.8. The molecule has 48 heavy (non-hydrogen) atoms. The van der Waals surface area contributed by atoms with Crippen molar-refractivity contribution in [3.63, 3.8) is 0 Å². The van der Waals surface area contributed by atoms with Gasteiger partial charge < -0.3 is 20.1 Å². The Bertz CT molecular complexity index is 1040. The van der Waals surface area contributed by atoms with E-state index in [-0.39, 0.29) is 0 Å². The normalized spacial score (nSPS) is 13.0. The van der Waals surface area contributed by atoms with Crippen LogP contribution in [0.5, 0.6) is 0 Å². The van der Waals surface area contributed by atoms with Crippen molar-refractivity contribution in [2.24, 2.45) is 11.5 Å². The van der Waals surface area contributed by atoms with Gasteiger partial charge in [-0.3, -0.25) is 21.4 Å². The molecule has 2 aromatic rings. The standard InChI is InChI=1S/2C19H34N4O/c1-21-18(16-17-11-14-22-15-12-17)10-8-6-4-3-5-7-9-13-23-19(20)24-2;1-21-13-9-7-5-3-4-6-8-10-18(23-19(20)24-2)16-17-11-14-22-15-12-17/h2*11-12,14-15,18,21H,3-10,13,16H2,1-2H3,(H2,20,23)/p+2. The highest BCUT2D eigenvalue weighted by Gasteiger charge is 2.12. The lowest BCUT2D eigenvalue weighted by molar-refractivity contribution is -0.513. The third kappa shape index (κ3) is 24.9. The number of aromatic nitrogens is 2. The molecule has 272 valence electrons. The lowest BCUT2D eigenvalue weighted by atomic mass is 10.0. The maximum atomic E-state index is 5.80. The Morgan fingerprint density at radius 3 is 1.65 bits per heavy atom. The van der Waals surface area contributed by atoms with Crippen LogP contribution in [0.25, 0.3) is 0 Å². The highest BCUT2D eigenvalue weighted by molar-refractivity contribution is 5.64. The first-order valence-corrected chi connectivity index (χ1v) is 18.4. The van der Waals surface area contributed by atoms with Crippen LogP contribution in [0.4, 0.5) is 0 Å². The monoisotopic (exact) mass is 671 g/mol. The van der Waals surface area contributed by atoms with E-state index in [1.54, 1.807) is 14.2 Å². The van der Waals surface area contributed by atoms with Crippen LogP contribution in [0, 0.1) is 0 Å². The predicted octanol–water partition coefficient (Wildman–Crippen LogP) is 2.75. The molecule has 2 heterocycles. The molecule has 0 aromatic carbocycles. The van der Waals surface area contributed by atoms with E-state index in [0.717, 1.165) is 38.8 Å². The summed E-state index contributed by atoms with van der Waals surface area (Å²) in [6.45, 7) is 2.04. The van der Waals surface area contributed by atoms with Crippen LogP contribution in [-0.2, 0) is 22.3 Å². The molecule has 0 radical (unpaired) electrons. The van der Waals surface area contributed by atoms with Gasteiger partial charge in [0.25, 0.3) is 0 Å². The second-order valence-electron chi connectivity index (χ2n) is 12.6. The first kappa shape index (κ1) is 42.8. The zero-order valence-electron chi connectivity index (χ0n) is 30.8. The molecular weight excluding hydrogens is 600 g/mol. The first-order valence-electron chi connectivity index (χ1n) is 18.4. The number of nitrogens with one attached hydrogen (secondary N) is 4. The molecular formula is C38H70N8O2+2. The van der Waals surface area contributed by atoms with E-state index in [0.29, 0.717) is 24.1 Å². The Kier molecular flexibility index (Phi) is 27.7. The van der Waals surface area contributed by atoms with E-state index in [1.807, 2.05) is 31.8 Å². The van der Waals surface area contributed by atoms with Gasteiger partial charge in [-0.05, 0) is 101 Å². The minimum Gasteiger partial charge on any atom is -0.435 e. The summed E-state index contributed by atoms with van der Waals surface area (Å²) in [5.41, 5.74) is 14.0. The SMILES string of the molecule is CNC(CCCCCCCCC[NH+]=C(N)OC)Cc1ccncc1.CNCCCCCCCCCC(Cc1ccncc1)[NH+]=C(N)OC. The topological polar surface area (TPSA) is 148 Å². The van der Waals surface area contributed by atoms with Crippen LogP contribution in [0.3, 0.4) is 0 Å². The van der Waals surface area contributed by atoms with Crippen LogP contribution in [0.15, 0.2) is 49.1 Å². The van der Waals surface area contributed by atoms with Gasteiger partial charge in [0.2, 0.25) is 0 Å². The van der Waals surface area contributed by atoms with Gasteiger partial charge in [-0.1, -0.05) is 64.2 Å². The minimum absolute atomic E-state index is 0.308. The molecule has 2 rings (SSSR count). The average Bonchev–Trinajstić information content (AvgIpc) is 3.12. The summed E-state index contributed by atoms with van der Waals surface area (Å²) in [6, 6.07) is 10.0. The fourth-order valence-corrected chi connectivity index (χ4v) is 5.70. The van der Waals surface area contributed by atoms with Crippen molar-refractivity contribution in [2.45, 2.75) is 128 Å². The number of likely N-dealkylation sites (N-methyl/N-ethyl adjacent to an activating group) is 1. The molecule has 8 N–H and O–H groups in total. The summed E-state index contributed by atoms with van der Waals surface area (Å²) >= 11 is 0. The minimum atomic E-state index is 0.308. The quantitative estimate of drug-likeness (QED) is 0.0509. The summed E-state index contributed by atoms with van der Waals surface area (Å²) in [5.74, 6) is 0. The number of ether oxygens (including phenoxy) is 2. The van der Waals surface area contributed by atoms with Gasteiger partial charge in [-0.25, -0.2) is 9.98 Å². The molecule has 0 aliphatic carbocycles. The van der Waals surface area contributed by atoms with Gasteiger partial charge in [0.05, 0.1) is 20.8 Å². The second kappa shape index (κ2) is 31.1. The van der Waals surface area contributed by atoms with E-state index < -0.39 is 0 Å². The largest absolute Gasteiger partial charge is 0.439 e. The highest BCUT2D eigenvalue weighted by atomic mass is 16.5. The summed E-state index contributed by atoms with van der Waals surface area (Å²) in [6.07, 6.45) is 30.0. The molecule has 2 atom stereocenters. The van der Waals surface area contributed by atoms with Gasteiger partial charge in [0.15, 0.2) is 0 Å². The van der Waals surface area contributed by atoms with E-state index in [1.165, 1.54) is 101 Å². The van der Waals surface area contributed by atoms with Crippen molar-refractivity contribution in [3.8, 4) is 0 Å². The molecule has 0 saturated heterocycles. The van der Waals surface area contributed by atoms with Crippen molar-refractivity contribution >= 4 is 12.0 Å². The van der Waals surface area contributed by atoms with E-state index >= 15 is 0 Å². The lowest BCUT2D eigenvalue weighted by Crippen LogP contribution is -2.82. The molecule has 0 amide bonds. The number of methoxy groups -OCH3 is 2. The summed E-state index contributed by atoms with van der Waals surface area (Å²) in [5, 5.41) is 6.64. The number of hydrogen-bond donors (Lipinski definition) is 6. The Hall–Kier alpha value is -3.24. The Morgan fingerprint density at radius 1 is 0.646 bits per heavy atom. The predicted molar refractivity (Wildman–Crippen MR) is 200 cm³/mol. The number of nitrogens with zero attached hydrogens (tertiary/aromatic N) is 2. The van der Waals surface area contributed by atoms with Crippen LogP contribution in [0.1, 0.15) is 114 Å². The maximum absolute atomic E-state index is 5.80. The van der Waals surface area contributed by atoms with Gasteiger partial charge in [-0.2, -0.15) is 0 Å². The van der Waals surface area contributed by atoms with Gasteiger partial charge >= 0.3 is 12.0 Å². The van der Waals surface area contributed by atoms with Crippen molar-refractivity contribution < 1.29 is 19.5 Å². The second-order valence-corrected chi connectivity index (χ2v) is 12.6. The molecule has 2 aromatic heterocycles. The molecule has 0 fully saturated rings. The molecule has 0 aliphatic rings. The third-order valence-corrected chi connectivity index (χ3v) is 8.67. The van der Waals surface area contributed by atoms with Crippen molar-refractivity contribution in [1.82, 2.24) is 20.6 Å². The molecule has 0 spiro atoms. The zero-order chi connectivity index (χ0) is 34.9. The molecule has 0 saturated carbocycles. The van der Waals surface area contributed by atoms with Crippen molar-refractivity contribution in [1.29, 1.82) is 0 Å². The summed E-state index contributed by atoms with van der Waals surface area (Å²) in [4.78, 5) is 14.5. The summed E-state index contributed by atoms with van der Waals surface area (Å²) < 4.78 is 9.94. The van der Waals surface area contributed by atoms with Crippen LogP contribution in [0.2, 0.25) is 0 Å². The van der Waals surface area contributed by atoms with Gasteiger partial charge in [0, 0.05) is 37.3 Å². The van der Waals surface area contributed by atoms with Crippen LogP contribution in [-0.4, -0.2) is 75.5 Å². The van der Waals surface area contributed by atoms with Gasteiger partial charge in [0.1, 0.15) is 6.04 Å². The first-order chi connectivity index (χ1) is 23.5. The maximum Gasteiger partial charge on any atom is 0.439 e. The Balaban J connectivity index is 0.000000480. The number of unbranched alkanes of at least 4 members (excludes halogenated alkanes) is 12. The molecule has 2 unspecified atom stereocenters. The molecule has 10 nitrogen and oxygen atoms in total. The Labute approximate surface area is 292 Å². The molecule has 0 bridgehead atoms. The fraction of sp³-hybridized carbons (Fsp3) is 0.684. The van der Waals surface area contributed by atoms with E-state index in [4.69, 9.17) is 20.9 Å². The third-order valence-electron chi connectivity index (χ3n) is 8.67. The van der Waals surface area contributed by atoms with E-state index in [2.05, 4.69) is 61.9 Å². The smallest absolute Gasteiger partial charge is 0.435 e. The number of rotatable bonds is 26. The fourth-order valence-electron chi connectivity index (χ4n) is 5.70. The summed E-state index contributed by atoms with van der Waals surface area (Å²) in [7, 11) is 7.26. The number of amidine groups is 2. The number of hydrogen-bond acceptors (Lipinski definition) is 6. The van der Waals surface area contributed by atoms with Crippen LogP contribution < -0.4 is 32.1 Å². The lowest BCUT2D eigenvalue weighted by Gasteiger charge is -2.16. The highest BCUT2D eigenvalue weighted by Crippen LogP contribution is 2.13. The van der Waals surface area contributed by atoms with E-state index in [9.17, 15) is 0 Å². The number of pyridine rings is 2. The average molecular weight is 671 g/mol. The molecule has 0 aliphatic heterocycles. The van der Waals surface area contributed by atoms with Crippen molar-refractivity contribution in [2.75, 3.05) is 41.4 Å². The number of nitrogens with two attached hydrogens (primary N) is 2. The van der Waals surface area contributed by atoms with Crippen LogP contribution >= 0.6 is 0 Å².